The van der Waals surface area contributed by atoms with Crippen LogP contribution in [0.15, 0.2) is 47.1 Å². The third kappa shape index (κ3) is 9.73. The van der Waals surface area contributed by atoms with Crippen LogP contribution in [0.5, 0.6) is 0 Å². The Morgan fingerprint density at radius 2 is 1.63 bits per heavy atom. The summed E-state index contributed by atoms with van der Waals surface area (Å²) in [5.41, 5.74) is 0.188. The number of hydrogen-bond acceptors (Lipinski definition) is 14. The molecule has 7 rings (SSSR count). The molecule has 0 aromatic heterocycles. The lowest BCUT2D eigenvalue weighted by Gasteiger charge is -2.51. The predicted molar refractivity (Wildman–Crippen MR) is 227 cm³/mol. The van der Waals surface area contributed by atoms with E-state index < -0.39 is 90.8 Å². The molecule has 2 bridgehead atoms. The average Bonchev–Trinajstić information content (AvgIpc) is 3.58. The number of esters is 1. The minimum Gasteiger partial charge on any atom is -0.462 e. The zero-order valence-corrected chi connectivity index (χ0v) is 38.5. The fraction of sp³-hybridized carbons (Fsp3) is 0.812. The van der Waals surface area contributed by atoms with E-state index in [1.165, 1.54) is 0 Å². The van der Waals surface area contributed by atoms with Gasteiger partial charge in [-0.25, -0.2) is 0 Å². The van der Waals surface area contributed by atoms with Gasteiger partial charge in [-0.05, 0) is 69.1 Å². The molecule has 5 saturated heterocycles. The fourth-order valence-corrected chi connectivity index (χ4v) is 11.0. The van der Waals surface area contributed by atoms with E-state index in [2.05, 4.69) is 40.7 Å². The summed E-state index contributed by atoms with van der Waals surface area (Å²) in [5, 5.41) is 34.2. The van der Waals surface area contributed by atoms with Gasteiger partial charge in [0.2, 0.25) is 0 Å². The molecular weight excluding hydrogens is 801 g/mol. The summed E-state index contributed by atoms with van der Waals surface area (Å²) in [7, 11) is 3.23. The van der Waals surface area contributed by atoms with Gasteiger partial charge in [0.15, 0.2) is 18.4 Å². The van der Waals surface area contributed by atoms with Crippen LogP contribution in [0.25, 0.3) is 0 Å². The Morgan fingerprint density at radius 3 is 2.35 bits per heavy atom. The molecule has 0 aromatic carbocycles. The molecule has 20 atom stereocenters. The monoisotopic (exact) mass is 875 g/mol. The zero-order chi connectivity index (χ0) is 44.7. The van der Waals surface area contributed by atoms with Crippen LogP contribution in [0.2, 0.25) is 0 Å². The van der Waals surface area contributed by atoms with E-state index >= 15 is 0 Å². The number of carbonyl (C=O) groups is 1. The molecule has 62 heavy (non-hydrogen) atoms. The normalized spacial score (nSPS) is 49.4. The molecular formula is C48H74O14. The average molecular weight is 875 g/mol. The Labute approximate surface area is 368 Å². The highest BCUT2D eigenvalue weighted by atomic mass is 16.7. The Morgan fingerprint density at radius 1 is 0.919 bits per heavy atom. The maximum atomic E-state index is 14.4. The van der Waals surface area contributed by atoms with E-state index in [0.717, 1.165) is 18.4 Å². The molecule has 14 heteroatoms. The van der Waals surface area contributed by atoms with Crippen LogP contribution >= 0.6 is 0 Å². The van der Waals surface area contributed by atoms with Crippen LogP contribution in [0.4, 0.5) is 0 Å². The van der Waals surface area contributed by atoms with E-state index in [1.54, 1.807) is 40.2 Å². The molecule has 14 nitrogen and oxygen atoms in total. The third-order valence-corrected chi connectivity index (χ3v) is 14.9. The van der Waals surface area contributed by atoms with Gasteiger partial charge >= 0.3 is 5.97 Å². The number of rotatable bonds is 8. The van der Waals surface area contributed by atoms with Crippen molar-refractivity contribution >= 4 is 5.97 Å². The first kappa shape index (κ1) is 47.9. The number of hydrogen-bond donors (Lipinski definition) is 3. The molecule has 0 amide bonds. The Kier molecular flexibility index (Phi) is 15.3. The molecule has 6 heterocycles. The minimum atomic E-state index is -1.82. The van der Waals surface area contributed by atoms with E-state index in [-0.39, 0.29) is 30.8 Å². The number of ether oxygens (including phenoxy) is 10. The first-order chi connectivity index (χ1) is 29.5. The van der Waals surface area contributed by atoms with Crippen molar-refractivity contribution in [2.24, 2.45) is 23.7 Å². The lowest BCUT2D eigenvalue weighted by atomic mass is 9.71. The summed E-state index contributed by atoms with van der Waals surface area (Å²) in [6.45, 7) is 16.3. The van der Waals surface area contributed by atoms with Gasteiger partial charge in [0.25, 0.3) is 0 Å². The SMILES string of the molecule is CCC(C)[C@H]1O[C@]2(CC[C@@H]1C)C[C@@H]1C[C@@H](C/C=C(\C)[C@@H](OC3C[C@H](OC)C(O[C@H]4C[C@H](OC)[C@@H](O)[C@H](C)O4)[C@H](C)O3)[C@@H](C)/C=C/C=C3\CO[C@@H]4[C@H](O)C(C)=C[C@@H](C(=O)O1)[C@]34O)O2. The van der Waals surface area contributed by atoms with Crippen molar-refractivity contribution in [1.82, 2.24) is 0 Å². The number of methoxy groups -OCH3 is 2. The van der Waals surface area contributed by atoms with E-state index in [4.69, 9.17) is 47.4 Å². The standard InChI is InChI=1S/C48H74O14/c1-11-25(2)43-28(5)17-18-47(62-43)23-34-20-33(61-47)16-15-27(4)42(26(3)13-12-14-32-24-55-45-40(49)29(6)19-35(46(51)58-34)48(32,45)52)59-39-22-37(54-10)44(31(8)57-39)60-38-21-36(53-9)41(50)30(7)56-38/h12-15,19,25-26,28,30-31,33-45,49-50,52H,11,16-18,20-24H2,1-10H3/b13-12+,27-15+,32-14+/t25?,26-,28-,30-,31-,33+,34-,35-,36-,37-,38-,39?,40+,41-,42-,43+,44?,45+,47+,48+/m0/s1. The van der Waals surface area contributed by atoms with Crippen molar-refractivity contribution in [2.75, 3.05) is 20.8 Å². The summed E-state index contributed by atoms with van der Waals surface area (Å²) in [6.07, 6.45) is 6.53. The van der Waals surface area contributed by atoms with E-state index in [9.17, 15) is 20.1 Å². The van der Waals surface area contributed by atoms with Crippen molar-refractivity contribution in [3.8, 4) is 0 Å². The lowest BCUT2D eigenvalue weighted by molar-refractivity contribution is -0.340. The Bertz CT molecular complexity index is 1680. The Hall–Kier alpha value is -2.05. The van der Waals surface area contributed by atoms with Crippen LogP contribution in [-0.4, -0.2) is 139 Å². The second-order valence-electron chi connectivity index (χ2n) is 19.4. The van der Waals surface area contributed by atoms with Crippen LogP contribution in [0.3, 0.4) is 0 Å². The van der Waals surface area contributed by atoms with Crippen LogP contribution in [-0.2, 0) is 52.2 Å². The zero-order valence-electron chi connectivity index (χ0n) is 38.5. The molecule has 0 radical (unpaired) electrons. The van der Waals surface area contributed by atoms with Gasteiger partial charge in [0.05, 0.1) is 49.3 Å². The van der Waals surface area contributed by atoms with Crippen LogP contribution in [0, 0.1) is 23.7 Å². The summed E-state index contributed by atoms with van der Waals surface area (Å²) in [6, 6.07) is 0. The third-order valence-electron chi connectivity index (χ3n) is 14.9. The molecule has 3 N–H and O–H groups in total. The van der Waals surface area contributed by atoms with Gasteiger partial charge in [0.1, 0.15) is 42.0 Å². The van der Waals surface area contributed by atoms with Crippen molar-refractivity contribution in [2.45, 2.75) is 204 Å². The summed E-state index contributed by atoms with van der Waals surface area (Å²) >= 11 is 0. The highest BCUT2D eigenvalue weighted by Gasteiger charge is 2.60. The summed E-state index contributed by atoms with van der Waals surface area (Å²) in [5.74, 6) is -2.10. The highest BCUT2D eigenvalue weighted by molar-refractivity contribution is 5.78. The second-order valence-corrected chi connectivity index (χ2v) is 19.4. The van der Waals surface area contributed by atoms with Crippen LogP contribution in [0.1, 0.15) is 107 Å². The fourth-order valence-electron chi connectivity index (χ4n) is 11.0. The predicted octanol–water partition coefficient (Wildman–Crippen LogP) is 5.60. The number of allylic oxidation sites excluding steroid dienone is 2. The molecule has 1 spiro atoms. The number of aliphatic hydroxyl groups is 3. The number of aliphatic hydroxyl groups excluding tert-OH is 2. The topological polar surface area (TPSA) is 170 Å². The molecule has 0 saturated carbocycles. The molecule has 350 valence electrons. The van der Waals surface area contributed by atoms with Gasteiger partial charge in [0, 0.05) is 52.2 Å². The van der Waals surface area contributed by atoms with E-state index in [1.807, 2.05) is 19.1 Å². The first-order valence-corrected chi connectivity index (χ1v) is 23.2. The molecule has 5 fully saturated rings. The van der Waals surface area contributed by atoms with Crippen molar-refractivity contribution in [3.63, 3.8) is 0 Å². The summed E-state index contributed by atoms with van der Waals surface area (Å²) < 4.78 is 63.9. The number of fused-ring (bicyclic) bond motifs is 2. The molecule has 7 aliphatic rings. The van der Waals surface area contributed by atoms with Crippen molar-refractivity contribution < 1.29 is 67.5 Å². The van der Waals surface area contributed by atoms with Crippen molar-refractivity contribution in [1.29, 1.82) is 0 Å². The molecule has 6 aliphatic heterocycles. The maximum absolute atomic E-state index is 14.4. The Balaban J connectivity index is 1.18. The second kappa shape index (κ2) is 19.8. The van der Waals surface area contributed by atoms with Gasteiger partial charge in [-0.1, -0.05) is 64.5 Å². The highest BCUT2D eigenvalue weighted by Crippen LogP contribution is 2.48. The lowest BCUT2D eigenvalue weighted by Crippen LogP contribution is -2.58. The number of carbonyl (C=O) groups excluding carboxylic acids is 1. The molecule has 0 aromatic rings. The largest absolute Gasteiger partial charge is 0.462 e. The first-order valence-electron chi connectivity index (χ1n) is 23.2. The van der Waals surface area contributed by atoms with Crippen LogP contribution < -0.4 is 0 Å². The smallest absolute Gasteiger partial charge is 0.316 e. The van der Waals surface area contributed by atoms with E-state index in [0.29, 0.717) is 61.5 Å². The maximum Gasteiger partial charge on any atom is 0.316 e. The quantitative estimate of drug-likeness (QED) is 0.204. The van der Waals surface area contributed by atoms with Gasteiger partial charge in [-0.3, -0.25) is 4.79 Å². The van der Waals surface area contributed by atoms with Gasteiger partial charge in [-0.15, -0.1) is 0 Å². The minimum absolute atomic E-state index is 0.00708. The van der Waals surface area contributed by atoms with Gasteiger partial charge < -0.3 is 62.7 Å². The van der Waals surface area contributed by atoms with Crippen molar-refractivity contribution in [3.05, 3.63) is 47.1 Å². The molecule has 3 unspecified atom stereocenters. The molecule has 1 aliphatic carbocycles. The van der Waals surface area contributed by atoms with Gasteiger partial charge in [-0.2, -0.15) is 0 Å². The summed E-state index contributed by atoms with van der Waals surface area (Å²) in [4.78, 5) is 14.4.